The average Bonchev–Trinajstić information content (AvgIpc) is 1.29. The second-order valence-corrected chi connectivity index (χ2v) is 30.5. The fraction of sp³-hybridized carbons (Fsp3) is 0.947. The van der Waals surface area contributed by atoms with Crippen LogP contribution in [0.2, 0.25) is 0 Å². The van der Waals surface area contributed by atoms with Crippen molar-refractivity contribution in [1.82, 2.24) is 0 Å². The highest BCUT2D eigenvalue weighted by molar-refractivity contribution is 7.47. The summed E-state index contributed by atoms with van der Waals surface area (Å²) in [6.07, 6.45) is 58.3. The largest absolute Gasteiger partial charge is 0.472 e. The van der Waals surface area contributed by atoms with Crippen molar-refractivity contribution in [3.8, 4) is 0 Å². The van der Waals surface area contributed by atoms with Crippen molar-refractivity contribution >= 4 is 39.5 Å². The zero-order chi connectivity index (χ0) is 69.8. The van der Waals surface area contributed by atoms with E-state index in [1.54, 1.807) is 0 Å². The van der Waals surface area contributed by atoms with E-state index >= 15 is 0 Å². The van der Waals surface area contributed by atoms with Crippen molar-refractivity contribution in [1.29, 1.82) is 0 Å². The fourth-order valence-corrected chi connectivity index (χ4v) is 13.3. The standard InChI is InChI=1S/C76H148O17P2/c1-6-10-13-16-19-22-24-26-27-28-29-30-31-32-33-34-36-42-47-52-57-62-76(81)93-72(66-87-74(79)60-55-50-45-40-38-37-39-43-48-53-58-69(5)9-4)68-91-95(84,85)89-64-70(77)63-88-94(82,83)90-67-71(65-86-73(78)59-54-49-44-21-18-15-12-8-3)92-75(80)61-56-51-46-41-35-25-23-20-17-14-11-7-2/h69-72,77H,6-68H2,1-5H3,(H,82,83)(H,84,85)/t69?,70-,71+,72+/m0/s1. The maximum atomic E-state index is 13.1. The molecule has 0 radical (unpaired) electrons. The number of aliphatic hydroxyl groups excluding tert-OH is 1. The maximum Gasteiger partial charge on any atom is 0.472 e. The Morgan fingerprint density at radius 1 is 0.295 bits per heavy atom. The van der Waals surface area contributed by atoms with Gasteiger partial charge in [-0.25, -0.2) is 9.13 Å². The summed E-state index contributed by atoms with van der Waals surface area (Å²) in [7, 11) is -9.90. The molecule has 0 aliphatic rings. The molecule has 3 N–H and O–H groups in total. The highest BCUT2D eigenvalue weighted by atomic mass is 31.2. The Balaban J connectivity index is 5.18. The van der Waals surface area contributed by atoms with Crippen molar-refractivity contribution in [3.63, 3.8) is 0 Å². The van der Waals surface area contributed by atoms with Crippen LogP contribution < -0.4 is 0 Å². The van der Waals surface area contributed by atoms with Gasteiger partial charge in [-0.2, -0.15) is 0 Å². The summed E-state index contributed by atoms with van der Waals surface area (Å²) in [5, 5.41) is 10.6. The number of hydrogen-bond donors (Lipinski definition) is 3. The topological polar surface area (TPSA) is 237 Å². The zero-order valence-electron chi connectivity index (χ0n) is 61.8. The van der Waals surface area contributed by atoms with Crippen LogP contribution in [0.15, 0.2) is 0 Å². The third-order valence-corrected chi connectivity index (χ3v) is 20.0. The minimum absolute atomic E-state index is 0.107. The predicted molar refractivity (Wildman–Crippen MR) is 386 cm³/mol. The van der Waals surface area contributed by atoms with Gasteiger partial charge in [-0.15, -0.1) is 0 Å². The van der Waals surface area contributed by atoms with Crippen molar-refractivity contribution in [2.24, 2.45) is 5.92 Å². The molecule has 564 valence electrons. The molecule has 0 aromatic carbocycles. The van der Waals surface area contributed by atoms with E-state index < -0.39 is 97.5 Å². The lowest BCUT2D eigenvalue weighted by molar-refractivity contribution is -0.161. The Morgan fingerprint density at radius 3 is 0.747 bits per heavy atom. The lowest BCUT2D eigenvalue weighted by Gasteiger charge is -2.21. The third-order valence-electron chi connectivity index (χ3n) is 18.1. The van der Waals surface area contributed by atoms with Gasteiger partial charge in [0.05, 0.1) is 26.4 Å². The molecule has 0 aliphatic carbocycles. The Bertz CT molecular complexity index is 1820. The van der Waals surface area contributed by atoms with Gasteiger partial charge in [0.25, 0.3) is 0 Å². The van der Waals surface area contributed by atoms with Crippen LogP contribution in [-0.2, 0) is 65.4 Å². The van der Waals surface area contributed by atoms with E-state index in [-0.39, 0.29) is 25.7 Å². The Labute approximate surface area is 581 Å². The van der Waals surface area contributed by atoms with Gasteiger partial charge in [0.1, 0.15) is 19.3 Å². The molecule has 95 heavy (non-hydrogen) atoms. The first-order valence-corrected chi connectivity index (χ1v) is 42.7. The second kappa shape index (κ2) is 69.2. The van der Waals surface area contributed by atoms with E-state index in [4.69, 9.17) is 37.0 Å². The smallest absolute Gasteiger partial charge is 0.462 e. The quantitative estimate of drug-likeness (QED) is 0.0222. The number of unbranched alkanes of at least 4 members (excludes halogenated alkanes) is 47. The van der Waals surface area contributed by atoms with E-state index in [0.29, 0.717) is 25.7 Å². The van der Waals surface area contributed by atoms with Gasteiger partial charge in [-0.05, 0) is 31.6 Å². The lowest BCUT2D eigenvalue weighted by atomic mass is 9.99. The van der Waals surface area contributed by atoms with E-state index in [2.05, 4.69) is 34.6 Å². The Hall–Kier alpha value is -1.94. The molecule has 0 aromatic rings. The molecule has 0 spiro atoms. The third kappa shape index (κ3) is 69.0. The monoisotopic (exact) mass is 1400 g/mol. The van der Waals surface area contributed by atoms with E-state index in [0.717, 1.165) is 102 Å². The first-order chi connectivity index (χ1) is 46.1. The van der Waals surface area contributed by atoms with Crippen LogP contribution in [0, 0.1) is 5.92 Å². The molecule has 0 bridgehead atoms. The molecule has 0 fully saturated rings. The molecule has 17 nitrogen and oxygen atoms in total. The van der Waals surface area contributed by atoms with Crippen LogP contribution in [0.4, 0.5) is 0 Å². The molecule has 0 heterocycles. The molecule has 6 atom stereocenters. The number of rotatable bonds is 76. The van der Waals surface area contributed by atoms with E-state index in [1.807, 2.05) is 0 Å². The van der Waals surface area contributed by atoms with Gasteiger partial charge >= 0.3 is 39.5 Å². The number of hydrogen-bond acceptors (Lipinski definition) is 15. The van der Waals surface area contributed by atoms with Gasteiger partial charge in [0.2, 0.25) is 0 Å². The number of carbonyl (C=O) groups excluding carboxylic acids is 4. The Morgan fingerprint density at radius 2 is 0.505 bits per heavy atom. The van der Waals surface area contributed by atoms with Gasteiger partial charge in [-0.3, -0.25) is 37.3 Å². The first-order valence-electron chi connectivity index (χ1n) is 39.7. The van der Waals surface area contributed by atoms with Crippen LogP contribution in [0.1, 0.15) is 401 Å². The minimum Gasteiger partial charge on any atom is -0.462 e. The van der Waals surface area contributed by atoms with Crippen molar-refractivity contribution in [2.75, 3.05) is 39.6 Å². The van der Waals surface area contributed by atoms with Gasteiger partial charge in [-0.1, -0.05) is 349 Å². The van der Waals surface area contributed by atoms with Gasteiger partial charge in [0, 0.05) is 25.7 Å². The normalized spacial score (nSPS) is 14.2. The number of esters is 4. The molecular formula is C76H148O17P2. The number of phosphoric ester groups is 2. The van der Waals surface area contributed by atoms with Crippen LogP contribution in [0.25, 0.3) is 0 Å². The summed E-state index contributed by atoms with van der Waals surface area (Å²) in [6, 6.07) is 0. The average molecular weight is 1400 g/mol. The van der Waals surface area contributed by atoms with Gasteiger partial charge in [0.15, 0.2) is 12.2 Å². The fourth-order valence-electron chi connectivity index (χ4n) is 11.7. The van der Waals surface area contributed by atoms with Crippen LogP contribution in [-0.4, -0.2) is 96.7 Å². The zero-order valence-corrected chi connectivity index (χ0v) is 63.6. The summed E-state index contributed by atoms with van der Waals surface area (Å²) in [5.41, 5.74) is 0. The molecule has 0 saturated heterocycles. The Kier molecular flexibility index (Phi) is 67.7. The molecule has 0 rings (SSSR count). The number of aliphatic hydroxyl groups is 1. The van der Waals surface area contributed by atoms with E-state index in [9.17, 15) is 43.2 Å². The van der Waals surface area contributed by atoms with Gasteiger partial charge < -0.3 is 33.8 Å². The molecule has 0 aliphatic heterocycles. The highest BCUT2D eigenvalue weighted by Gasteiger charge is 2.30. The maximum absolute atomic E-state index is 13.1. The summed E-state index contributed by atoms with van der Waals surface area (Å²) < 4.78 is 68.4. The molecule has 19 heteroatoms. The van der Waals surface area contributed by atoms with Crippen molar-refractivity contribution in [3.05, 3.63) is 0 Å². The molecule has 3 unspecified atom stereocenters. The summed E-state index contributed by atoms with van der Waals surface area (Å²) in [5.74, 6) is -1.31. The predicted octanol–water partition coefficient (Wildman–Crippen LogP) is 22.5. The summed E-state index contributed by atoms with van der Waals surface area (Å²) >= 11 is 0. The van der Waals surface area contributed by atoms with Crippen LogP contribution >= 0.6 is 15.6 Å². The molecule has 0 saturated carbocycles. The number of phosphoric acid groups is 2. The van der Waals surface area contributed by atoms with Crippen LogP contribution in [0.3, 0.4) is 0 Å². The number of carbonyl (C=O) groups is 4. The highest BCUT2D eigenvalue weighted by Crippen LogP contribution is 2.45. The SMILES string of the molecule is CCCCCCCCCCCCCCCCCCCCCCCC(=O)O[C@H](COC(=O)CCCCCCCCCCCCC(C)CC)COP(=O)(O)OC[C@@H](O)COP(=O)(O)OC[C@@H](COC(=O)CCCCCCCCCC)OC(=O)CCCCCCCCCCCCCC. The molecular weight excluding hydrogens is 1250 g/mol. The van der Waals surface area contributed by atoms with Crippen molar-refractivity contribution < 1.29 is 80.2 Å². The minimum atomic E-state index is -4.96. The first kappa shape index (κ1) is 93.1. The molecule has 0 aromatic heterocycles. The van der Waals surface area contributed by atoms with Crippen LogP contribution in [0.5, 0.6) is 0 Å². The lowest BCUT2D eigenvalue weighted by Crippen LogP contribution is -2.30. The summed E-state index contributed by atoms with van der Waals surface area (Å²) in [4.78, 5) is 72.7. The second-order valence-electron chi connectivity index (χ2n) is 27.6. The van der Waals surface area contributed by atoms with Crippen molar-refractivity contribution in [2.45, 2.75) is 419 Å². The summed E-state index contributed by atoms with van der Waals surface area (Å²) in [6.45, 7) is 7.29. The molecule has 0 amide bonds. The number of ether oxygens (including phenoxy) is 4. The van der Waals surface area contributed by atoms with E-state index in [1.165, 1.54) is 218 Å².